The summed E-state index contributed by atoms with van der Waals surface area (Å²) in [7, 11) is 0. The van der Waals surface area contributed by atoms with Gasteiger partial charge in [-0.05, 0) is 37.3 Å². The van der Waals surface area contributed by atoms with E-state index in [1.54, 1.807) is 19.1 Å². The number of amides is 1. The monoisotopic (exact) mass is 370 g/mol. The zero-order valence-electron chi connectivity index (χ0n) is 12.0. The van der Waals surface area contributed by atoms with Crippen molar-refractivity contribution in [2.24, 2.45) is 4.99 Å². The molecule has 1 heterocycles. The first-order valence-electron chi connectivity index (χ1n) is 6.64. The van der Waals surface area contributed by atoms with Crippen LogP contribution >= 0.6 is 35.4 Å². The molecule has 1 aromatic carbocycles. The number of rotatable bonds is 3. The molecule has 0 saturated carbocycles. The molecule has 0 bridgehead atoms. The molecule has 1 atom stereocenters. The van der Waals surface area contributed by atoms with Gasteiger partial charge in [0.2, 0.25) is 0 Å². The van der Waals surface area contributed by atoms with Crippen molar-refractivity contribution in [2.45, 2.75) is 19.4 Å². The molecule has 0 aliphatic carbocycles. The topological polar surface area (TPSA) is 70.0 Å². The van der Waals surface area contributed by atoms with E-state index in [1.165, 1.54) is 11.0 Å². The minimum absolute atomic E-state index is 0.0471. The van der Waals surface area contributed by atoms with Gasteiger partial charge in [0.05, 0.1) is 33.0 Å². The number of halogens is 2. The van der Waals surface area contributed by atoms with Gasteiger partial charge in [0, 0.05) is 18.0 Å². The van der Waals surface area contributed by atoms with E-state index >= 15 is 0 Å². The van der Waals surface area contributed by atoms with Crippen LogP contribution in [0.25, 0.3) is 0 Å². The molecule has 1 aliphatic heterocycles. The van der Waals surface area contributed by atoms with Crippen LogP contribution in [0.2, 0.25) is 10.0 Å². The molecule has 0 radical (unpaired) electrons. The molecule has 5 nitrogen and oxygen atoms in total. The van der Waals surface area contributed by atoms with Crippen molar-refractivity contribution in [2.75, 3.05) is 6.54 Å². The fourth-order valence-corrected chi connectivity index (χ4v) is 2.78. The first-order chi connectivity index (χ1) is 10.8. The van der Waals surface area contributed by atoms with E-state index in [-0.39, 0.29) is 41.2 Å². The van der Waals surface area contributed by atoms with Gasteiger partial charge in [-0.1, -0.05) is 23.2 Å². The standard InChI is InChI=1S/C15H12Cl2N2O3S/c1-8-4-10(15(21)22)13(18-7-23)6-19(8)14(20)9-2-3-11(16)12(17)5-9/h2-3,5,8H,4,6H2,1H3,(H,21,22)/t8-/m1/s1. The van der Waals surface area contributed by atoms with Crippen LogP contribution in [0.15, 0.2) is 34.5 Å². The average Bonchev–Trinajstić information content (AvgIpc) is 2.50. The van der Waals surface area contributed by atoms with Crippen LogP contribution in [-0.4, -0.2) is 39.6 Å². The molecule has 23 heavy (non-hydrogen) atoms. The fourth-order valence-electron chi connectivity index (χ4n) is 2.37. The molecule has 0 fully saturated rings. The summed E-state index contributed by atoms with van der Waals surface area (Å²) in [6, 6.07) is 4.30. The average molecular weight is 371 g/mol. The molecule has 2 rings (SSSR count). The van der Waals surface area contributed by atoms with Crippen molar-refractivity contribution in [3.8, 4) is 0 Å². The van der Waals surface area contributed by atoms with Crippen molar-refractivity contribution < 1.29 is 14.7 Å². The Labute approximate surface area is 148 Å². The zero-order chi connectivity index (χ0) is 17.1. The maximum atomic E-state index is 12.7. The van der Waals surface area contributed by atoms with Crippen molar-refractivity contribution in [1.82, 2.24) is 4.90 Å². The Morgan fingerprint density at radius 2 is 2.09 bits per heavy atom. The molecular weight excluding hydrogens is 359 g/mol. The van der Waals surface area contributed by atoms with Crippen molar-refractivity contribution in [3.63, 3.8) is 0 Å². The van der Waals surface area contributed by atoms with Crippen LogP contribution in [0, 0.1) is 0 Å². The number of benzene rings is 1. The number of thiocarbonyl (C=S) groups is 1. The molecule has 1 amide bonds. The number of aliphatic carboxylic acids is 1. The normalized spacial score (nSPS) is 17.7. The van der Waals surface area contributed by atoms with Crippen LogP contribution < -0.4 is 0 Å². The first kappa shape index (κ1) is 17.6. The number of carboxylic acids is 1. The number of hydrogen-bond acceptors (Lipinski definition) is 4. The van der Waals surface area contributed by atoms with Crippen molar-refractivity contribution >= 4 is 52.5 Å². The van der Waals surface area contributed by atoms with Crippen LogP contribution in [0.4, 0.5) is 0 Å². The highest BCUT2D eigenvalue weighted by atomic mass is 35.5. The molecule has 1 N–H and O–H groups in total. The molecule has 8 heteroatoms. The largest absolute Gasteiger partial charge is 0.478 e. The summed E-state index contributed by atoms with van der Waals surface area (Å²) in [5, 5.41) is 12.0. The second-order valence-electron chi connectivity index (χ2n) is 5.05. The summed E-state index contributed by atoms with van der Waals surface area (Å²) in [5.41, 5.74) is 0.753. The Balaban J connectivity index is 2.36. The lowest BCUT2D eigenvalue weighted by molar-refractivity contribution is -0.133. The molecule has 0 aromatic heterocycles. The predicted molar refractivity (Wildman–Crippen MR) is 91.3 cm³/mol. The summed E-state index contributed by atoms with van der Waals surface area (Å²) in [6.07, 6.45) is 0.179. The van der Waals surface area contributed by atoms with E-state index < -0.39 is 5.97 Å². The molecule has 120 valence electrons. The van der Waals surface area contributed by atoms with Crippen LogP contribution in [-0.2, 0) is 4.79 Å². The zero-order valence-corrected chi connectivity index (χ0v) is 14.4. The Morgan fingerprint density at radius 3 is 2.65 bits per heavy atom. The minimum Gasteiger partial charge on any atom is -0.478 e. The van der Waals surface area contributed by atoms with E-state index in [4.69, 9.17) is 23.2 Å². The second kappa shape index (κ2) is 7.23. The van der Waals surface area contributed by atoms with Gasteiger partial charge in [-0.2, -0.15) is 4.99 Å². The number of hydrogen-bond donors (Lipinski definition) is 1. The summed E-state index contributed by atoms with van der Waals surface area (Å²) in [5.74, 6) is -1.35. The van der Waals surface area contributed by atoms with Crippen LogP contribution in [0.3, 0.4) is 0 Å². The third kappa shape index (κ3) is 3.79. The SMILES string of the molecule is C[C@@H]1CC(C(=O)O)=C(N=C=S)CN1C(=O)c1ccc(Cl)c(Cl)c1. The number of carbonyl (C=O) groups excluding carboxylic acids is 1. The van der Waals surface area contributed by atoms with Crippen molar-refractivity contribution in [1.29, 1.82) is 0 Å². The highest BCUT2D eigenvalue weighted by Gasteiger charge is 2.32. The lowest BCUT2D eigenvalue weighted by Crippen LogP contribution is -2.43. The molecule has 1 aliphatic rings. The lowest BCUT2D eigenvalue weighted by Gasteiger charge is -2.34. The van der Waals surface area contributed by atoms with Crippen LogP contribution in [0.1, 0.15) is 23.7 Å². The number of nitrogens with zero attached hydrogens (tertiary/aromatic N) is 2. The summed E-state index contributed by atoms with van der Waals surface area (Å²) in [4.78, 5) is 29.3. The third-order valence-corrected chi connectivity index (χ3v) is 4.40. The van der Waals surface area contributed by atoms with Gasteiger partial charge in [0.1, 0.15) is 0 Å². The fraction of sp³-hybridized carbons (Fsp3) is 0.267. The van der Waals surface area contributed by atoms with Gasteiger partial charge in [0.25, 0.3) is 5.91 Å². The van der Waals surface area contributed by atoms with Crippen LogP contribution in [0.5, 0.6) is 0 Å². The Bertz CT molecular complexity index is 757. The highest BCUT2D eigenvalue weighted by Crippen LogP contribution is 2.28. The van der Waals surface area contributed by atoms with E-state index in [2.05, 4.69) is 22.4 Å². The van der Waals surface area contributed by atoms with Gasteiger partial charge < -0.3 is 10.0 Å². The van der Waals surface area contributed by atoms with Gasteiger partial charge in [-0.25, -0.2) is 4.79 Å². The summed E-state index contributed by atoms with van der Waals surface area (Å²) in [6.45, 7) is 1.82. The van der Waals surface area contributed by atoms with Gasteiger partial charge in [-0.15, -0.1) is 0 Å². The number of isothiocyanates is 1. The van der Waals surface area contributed by atoms with Gasteiger partial charge >= 0.3 is 5.97 Å². The number of carboxylic acid groups (broad SMARTS) is 1. The maximum Gasteiger partial charge on any atom is 0.333 e. The van der Waals surface area contributed by atoms with E-state index in [0.29, 0.717) is 10.6 Å². The van der Waals surface area contributed by atoms with E-state index in [1.807, 2.05) is 0 Å². The quantitative estimate of drug-likeness (QED) is 0.650. The summed E-state index contributed by atoms with van der Waals surface area (Å²) < 4.78 is 0. The molecule has 1 aromatic rings. The Morgan fingerprint density at radius 1 is 1.39 bits per heavy atom. The smallest absolute Gasteiger partial charge is 0.333 e. The number of carbonyl (C=O) groups is 2. The third-order valence-electron chi connectivity index (χ3n) is 3.57. The highest BCUT2D eigenvalue weighted by molar-refractivity contribution is 7.78. The Kier molecular flexibility index (Phi) is 5.55. The predicted octanol–water partition coefficient (Wildman–Crippen LogP) is 3.67. The van der Waals surface area contributed by atoms with E-state index in [0.717, 1.165) is 0 Å². The van der Waals surface area contributed by atoms with E-state index in [9.17, 15) is 14.7 Å². The maximum absolute atomic E-state index is 12.7. The molecule has 0 spiro atoms. The molecular formula is C15H12Cl2N2O3S. The molecule has 0 saturated heterocycles. The lowest BCUT2D eigenvalue weighted by atomic mass is 9.98. The number of aliphatic imine (C=N–C) groups is 1. The summed E-state index contributed by atoms with van der Waals surface area (Å²) >= 11 is 16.3. The first-order valence-corrected chi connectivity index (χ1v) is 7.80. The van der Waals surface area contributed by atoms with Gasteiger partial charge in [-0.3, -0.25) is 4.79 Å². The molecule has 0 unspecified atom stereocenters. The van der Waals surface area contributed by atoms with Gasteiger partial charge in [0.15, 0.2) is 0 Å². The second-order valence-corrected chi connectivity index (χ2v) is 6.05. The van der Waals surface area contributed by atoms with Crippen molar-refractivity contribution in [3.05, 3.63) is 45.1 Å². The Hall–Kier alpha value is -1.72. The minimum atomic E-state index is -1.07.